The van der Waals surface area contributed by atoms with E-state index in [0.717, 1.165) is 33.3 Å². The van der Waals surface area contributed by atoms with Crippen LogP contribution in [0, 0.1) is 13.8 Å². The lowest BCUT2D eigenvalue weighted by Crippen LogP contribution is -2.00. The van der Waals surface area contributed by atoms with E-state index in [2.05, 4.69) is 38.1 Å². The van der Waals surface area contributed by atoms with Gasteiger partial charge in [-0.2, -0.15) is 0 Å². The van der Waals surface area contributed by atoms with Gasteiger partial charge < -0.3 is 5.11 Å². The van der Waals surface area contributed by atoms with E-state index in [0.29, 0.717) is 0 Å². The Balaban J connectivity index is 2.37. The third-order valence-electron chi connectivity index (χ3n) is 3.93. The minimum absolute atomic E-state index is 0.544. The fraction of sp³-hybridized carbons (Fsp3) is 0.211. The summed E-state index contributed by atoms with van der Waals surface area (Å²) in [5.41, 5.74) is 6.16. The normalized spacial score (nSPS) is 12.6. The maximum absolute atomic E-state index is 10.1. The number of hydrogen-bond acceptors (Lipinski definition) is 2. The molecule has 3 rings (SSSR count). The van der Waals surface area contributed by atoms with Gasteiger partial charge in [-0.25, -0.2) is 4.98 Å². The topological polar surface area (TPSA) is 33.1 Å². The highest BCUT2D eigenvalue weighted by molar-refractivity contribution is 5.86. The number of benzene rings is 2. The summed E-state index contributed by atoms with van der Waals surface area (Å²) in [6, 6.07) is 16.4. The van der Waals surface area contributed by atoms with Gasteiger partial charge in [0, 0.05) is 16.5 Å². The van der Waals surface area contributed by atoms with Gasteiger partial charge in [0.2, 0.25) is 0 Å². The van der Waals surface area contributed by atoms with Crippen LogP contribution in [0.25, 0.3) is 22.2 Å². The highest BCUT2D eigenvalue weighted by Gasteiger charge is 2.15. The first-order chi connectivity index (χ1) is 10.1. The molecule has 106 valence electrons. The van der Waals surface area contributed by atoms with Crippen molar-refractivity contribution in [3.63, 3.8) is 0 Å². The van der Waals surface area contributed by atoms with Crippen LogP contribution >= 0.6 is 0 Å². The number of nitrogens with zero attached hydrogens (tertiary/aromatic N) is 1. The number of aliphatic hydroxyl groups excluding tert-OH is 1. The molecule has 0 spiro atoms. The maximum Gasteiger partial charge on any atom is 0.0783 e. The lowest BCUT2D eigenvalue weighted by molar-refractivity contribution is 0.199. The molecule has 0 radical (unpaired) electrons. The van der Waals surface area contributed by atoms with Crippen LogP contribution in [0.3, 0.4) is 0 Å². The molecule has 1 aromatic heterocycles. The van der Waals surface area contributed by atoms with Crippen molar-refractivity contribution in [1.82, 2.24) is 4.98 Å². The van der Waals surface area contributed by atoms with Crippen LogP contribution in [0.15, 0.2) is 48.5 Å². The second-order valence-electron chi connectivity index (χ2n) is 5.56. The van der Waals surface area contributed by atoms with Gasteiger partial charge in [-0.3, -0.25) is 0 Å². The number of hydrogen-bond donors (Lipinski definition) is 1. The van der Waals surface area contributed by atoms with E-state index < -0.39 is 6.10 Å². The molecule has 2 heteroatoms. The lowest BCUT2D eigenvalue weighted by atomic mass is 9.96. The zero-order valence-electron chi connectivity index (χ0n) is 12.6. The van der Waals surface area contributed by atoms with Crippen LogP contribution in [0.4, 0.5) is 0 Å². The molecule has 1 N–H and O–H groups in total. The standard InChI is InChI=1S/C19H19NO/c1-12-7-4-5-10-16(12)19-17(14(3)21)11-15-9-6-8-13(2)18(15)20-19/h4-11,14,21H,1-3H3. The number of aliphatic hydroxyl groups is 1. The summed E-state index contributed by atoms with van der Waals surface area (Å²) in [4.78, 5) is 4.87. The Kier molecular flexibility index (Phi) is 3.48. The molecule has 1 unspecified atom stereocenters. The monoisotopic (exact) mass is 277 g/mol. The van der Waals surface area contributed by atoms with Gasteiger partial charge in [-0.05, 0) is 38.0 Å². The van der Waals surface area contributed by atoms with Crippen molar-refractivity contribution in [3.8, 4) is 11.3 Å². The second kappa shape index (κ2) is 5.30. The van der Waals surface area contributed by atoms with Gasteiger partial charge in [0.1, 0.15) is 0 Å². The molecule has 0 bridgehead atoms. The van der Waals surface area contributed by atoms with E-state index in [1.54, 1.807) is 6.92 Å². The fourth-order valence-corrected chi connectivity index (χ4v) is 2.74. The van der Waals surface area contributed by atoms with Gasteiger partial charge in [-0.15, -0.1) is 0 Å². The molecule has 1 atom stereocenters. The summed E-state index contributed by atoms with van der Waals surface area (Å²) in [6.07, 6.45) is -0.544. The van der Waals surface area contributed by atoms with E-state index in [1.807, 2.05) is 24.3 Å². The molecule has 0 aliphatic carbocycles. The number of aryl methyl sites for hydroxylation is 2. The summed E-state index contributed by atoms with van der Waals surface area (Å²) >= 11 is 0. The SMILES string of the molecule is Cc1ccccc1-c1nc2c(C)cccc2cc1C(C)O. The van der Waals surface area contributed by atoms with E-state index in [1.165, 1.54) is 5.56 Å². The molecular weight excluding hydrogens is 258 g/mol. The van der Waals surface area contributed by atoms with Crippen LogP contribution in [0.2, 0.25) is 0 Å². The molecule has 0 aliphatic rings. The predicted molar refractivity (Wildman–Crippen MR) is 87.3 cm³/mol. The minimum atomic E-state index is -0.544. The van der Waals surface area contributed by atoms with Crippen molar-refractivity contribution in [1.29, 1.82) is 0 Å². The molecule has 21 heavy (non-hydrogen) atoms. The molecule has 0 fully saturated rings. The second-order valence-corrected chi connectivity index (χ2v) is 5.56. The first kappa shape index (κ1) is 13.8. The largest absolute Gasteiger partial charge is 0.389 e. The Morgan fingerprint density at radius 3 is 2.38 bits per heavy atom. The van der Waals surface area contributed by atoms with Gasteiger partial charge in [0.05, 0.1) is 17.3 Å². The smallest absolute Gasteiger partial charge is 0.0783 e. The quantitative estimate of drug-likeness (QED) is 0.744. The van der Waals surface area contributed by atoms with Crippen molar-refractivity contribution in [2.45, 2.75) is 26.9 Å². The van der Waals surface area contributed by atoms with Crippen molar-refractivity contribution >= 4 is 10.9 Å². The number of aromatic nitrogens is 1. The minimum Gasteiger partial charge on any atom is -0.389 e. The Hall–Kier alpha value is -2.19. The Morgan fingerprint density at radius 1 is 0.952 bits per heavy atom. The molecule has 0 aliphatic heterocycles. The highest BCUT2D eigenvalue weighted by Crippen LogP contribution is 2.32. The molecule has 3 aromatic rings. The van der Waals surface area contributed by atoms with E-state index in [4.69, 9.17) is 4.98 Å². The van der Waals surface area contributed by atoms with Crippen LogP contribution in [0.1, 0.15) is 29.7 Å². The summed E-state index contributed by atoms with van der Waals surface area (Å²) in [7, 11) is 0. The van der Waals surface area contributed by atoms with Gasteiger partial charge in [0.25, 0.3) is 0 Å². The first-order valence-electron chi connectivity index (χ1n) is 7.22. The summed E-state index contributed by atoms with van der Waals surface area (Å²) in [5.74, 6) is 0. The van der Waals surface area contributed by atoms with Crippen molar-refractivity contribution in [2.75, 3.05) is 0 Å². The highest BCUT2D eigenvalue weighted by atomic mass is 16.3. The van der Waals surface area contributed by atoms with Crippen LogP contribution < -0.4 is 0 Å². The molecule has 2 nitrogen and oxygen atoms in total. The van der Waals surface area contributed by atoms with Crippen molar-refractivity contribution in [2.24, 2.45) is 0 Å². The first-order valence-corrected chi connectivity index (χ1v) is 7.22. The molecule has 0 saturated carbocycles. The zero-order valence-corrected chi connectivity index (χ0v) is 12.6. The summed E-state index contributed by atoms with van der Waals surface area (Å²) < 4.78 is 0. The van der Waals surface area contributed by atoms with Crippen LogP contribution in [-0.2, 0) is 0 Å². The summed E-state index contributed by atoms with van der Waals surface area (Å²) in [5, 5.41) is 11.2. The van der Waals surface area contributed by atoms with E-state index in [9.17, 15) is 5.11 Å². The van der Waals surface area contributed by atoms with Crippen LogP contribution in [0.5, 0.6) is 0 Å². The zero-order chi connectivity index (χ0) is 15.0. The molecule has 0 amide bonds. The third kappa shape index (κ3) is 2.43. The maximum atomic E-state index is 10.1. The average Bonchev–Trinajstić information content (AvgIpc) is 2.47. The molecule has 1 heterocycles. The Bertz CT molecular complexity index is 806. The molecule has 2 aromatic carbocycles. The van der Waals surface area contributed by atoms with Crippen molar-refractivity contribution < 1.29 is 5.11 Å². The molecule has 0 saturated heterocycles. The number of pyridine rings is 1. The fourth-order valence-electron chi connectivity index (χ4n) is 2.74. The van der Waals surface area contributed by atoms with E-state index >= 15 is 0 Å². The third-order valence-corrected chi connectivity index (χ3v) is 3.93. The van der Waals surface area contributed by atoms with Gasteiger partial charge >= 0.3 is 0 Å². The van der Waals surface area contributed by atoms with Gasteiger partial charge in [-0.1, -0.05) is 42.5 Å². The van der Waals surface area contributed by atoms with Crippen molar-refractivity contribution in [3.05, 3.63) is 65.2 Å². The lowest BCUT2D eigenvalue weighted by Gasteiger charge is -2.15. The molecular formula is C19H19NO. The summed E-state index contributed by atoms with van der Waals surface area (Å²) in [6.45, 7) is 5.93. The average molecular weight is 277 g/mol. The number of para-hydroxylation sites is 1. The Labute approximate surface area is 125 Å². The Morgan fingerprint density at radius 2 is 1.67 bits per heavy atom. The van der Waals surface area contributed by atoms with Crippen LogP contribution in [-0.4, -0.2) is 10.1 Å². The van der Waals surface area contributed by atoms with E-state index in [-0.39, 0.29) is 0 Å². The number of fused-ring (bicyclic) bond motifs is 1. The number of rotatable bonds is 2. The predicted octanol–water partition coefficient (Wildman–Crippen LogP) is 4.57. The van der Waals surface area contributed by atoms with Gasteiger partial charge in [0.15, 0.2) is 0 Å².